The third kappa shape index (κ3) is 2.69. The van der Waals surface area contributed by atoms with Crippen molar-refractivity contribution in [3.8, 4) is 5.75 Å². The second-order valence-electron chi connectivity index (χ2n) is 2.97. The summed E-state index contributed by atoms with van der Waals surface area (Å²) >= 11 is 3.30. The Labute approximate surface area is 91.4 Å². The number of ether oxygens (including phenoxy) is 1. The van der Waals surface area contributed by atoms with Gasteiger partial charge < -0.3 is 10.5 Å². The molecule has 0 spiro atoms. The van der Waals surface area contributed by atoms with Gasteiger partial charge in [0.05, 0.1) is 7.11 Å². The van der Waals surface area contributed by atoms with Crippen molar-refractivity contribution in [3.05, 3.63) is 28.0 Å². The van der Waals surface area contributed by atoms with Crippen LogP contribution in [0.15, 0.2) is 16.6 Å². The molecule has 0 bridgehead atoms. The average Bonchev–Trinajstić information content (AvgIpc) is 2.18. The van der Waals surface area contributed by atoms with Crippen molar-refractivity contribution in [3.63, 3.8) is 0 Å². The lowest BCUT2D eigenvalue weighted by atomic mass is 10.1. The van der Waals surface area contributed by atoms with Gasteiger partial charge in [-0.25, -0.2) is 4.39 Å². The molecule has 0 saturated carbocycles. The predicted octanol–water partition coefficient (Wildman–Crippen LogP) is 2.49. The summed E-state index contributed by atoms with van der Waals surface area (Å²) in [5.74, 6) is -0.0180. The molecule has 0 heterocycles. The van der Waals surface area contributed by atoms with Crippen molar-refractivity contribution >= 4 is 15.9 Å². The molecule has 0 aliphatic carbocycles. The summed E-state index contributed by atoms with van der Waals surface area (Å²) in [7, 11) is 1.46. The van der Waals surface area contributed by atoms with E-state index < -0.39 is 0 Å². The van der Waals surface area contributed by atoms with E-state index >= 15 is 0 Å². The molecule has 0 radical (unpaired) electrons. The topological polar surface area (TPSA) is 35.2 Å². The lowest BCUT2D eigenvalue weighted by Crippen LogP contribution is -2.02. The highest BCUT2D eigenvalue weighted by molar-refractivity contribution is 9.10. The molecule has 1 aromatic carbocycles. The van der Waals surface area contributed by atoms with Gasteiger partial charge in [0.2, 0.25) is 0 Å². The second kappa shape index (κ2) is 5.32. The van der Waals surface area contributed by atoms with Gasteiger partial charge in [-0.1, -0.05) is 15.9 Å². The van der Waals surface area contributed by atoms with E-state index in [0.717, 1.165) is 10.9 Å². The maximum Gasteiger partial charge on any atom is 0.168 e. The van der Waals surface area contributed by atoms with Gasteiger partial charge in [-0.15, -0.1) is 0 Å². The van der Waals surface area contributed by atoms with Crippen molar-refractivity contribution in [1.82, 2.24) is 0 Å². The third-order valence-electron chi connectivity index (χ3n) is 1.95. The van der Waals surface area contributed by atoms with Gasteiger partial charge in [-0.2, -0.15) is 0 Å². The molecule has 0 unspecified atom stereocenters. The van der Waals surface area contributed by atoms with E-state index in [2.05, 4.69) is 15.9 Å². The molecule has 0 aliphatic rings. The Balaban J connectivity index is 2.96. The van der Waals surface area contributed by atoms with Crippen molar-refractivity contribution in [1.29, 1.82) is 0 Å². The Bertz CT molecular complexity index is 317. The summed E-state index contributed by atoms with van der Waals surface area (Å²) in [6.07, 6.45) is 1.41. The normalized spacial score (nSPS) is 10.3. The highest BCUT2D eigenvalue weighted by Gasteiger charge is 2.09. The molecule has 1 rings (SSSR count). The van der Waals surface area contributed by atoms with Crippen LogP contribution in [0.25, 0.3) is 0 Å². The Kier molecular flexibility index (Phi) is 4.35. The molecule has 2 N–H and O–H groups in total. The number of benzene rings is 1. The number of aryl methyl sites for hydroxylation is 1. The SMILES string of the molecule is COc1cc(Br)cc(CCCN)c1F. The molecular weight excluding hydrogens is 249 g/mol. The van der Waals surface area contributed by atoms with Gasteiger partial charge in [0.25, 0.3) is 0 Å². The minimum Gasteiger partial charge on any atom is -0.494 e. The molecule has 0 atom stereocenters. The van der Waals surface area contributed by atoms with Crippen LogP contribution < -0.4 is 10.5 Å². The Hall–Kier alpha value is -0.610. The highest BCUT2D eigenvalue weighted by Crippen LogP contribution is 2.26. The molecule has 1 aromatic rings. The molecule has 0 aliphatic heterocycles. The van der Waals surface area contributed by atoms with E-state index in [-0.39, 0.29) is 11.6 Å². The largest absolute Gasteiger partial charge is 0.494 e. The van der Waals surface area contributed by atoms with Gasteiger partial charge in [0, 0.05) is 4.47 Å². The lowest BCUT2D eigenvalue weighted by Gasteiger charge is -2.07. The van der Waals surface area contributed by atoms with Crippen molar-refractivity contribution in [2.24, 2.45) is 5.73 Å². The fraction of sp³-hybridized carbons (Fsp3) is 0.400. The number of rotatable bonds is 4. The van der Waals surface area contributed by atoms with Gasteiger partial charge >= 0.3 is 0 Å². The third-order valence-corrected chi connectivity index (χ3v) is 2.41. The van der Waals surface area contributed by atoms with Gasteiger partial charge in [0.1, 0.15) is 0 Å². The zero-order valence-corrected chi connectivity index (χ0v) is 9.60. The molecule has 14 heavy (non-hydrogen) atoms. The van der Waals surface area contributed by atoms with Crippen LogP contribution in [0.4, 0.5) is 4.39 Å². The summed E-state index contributed by atoms with van der Waals surface area (Å²) < 4.78 is 19.3. The van der Waals surface area contributed by atoms with Crippen LogP contribution in [-0.4, -0.2) is 13.7 Å². The van der Waals surface area contributed by atoms with Crippen LogP contribution in [-0.2, 0) is 6.42 Å². The fourth-order valence-electron chi connectivity index (χ4n) is 1.24. The van der Waals surface area contributed by atoms with Gasteiger partial charge in [-0.3, -0.25) is 0 Å². The predicted molar refractivity (Wildman–Crippen MR) is 58.0 cm³/mol. The van der Waals surface area contributed by atoms with E-state index in [1.54, 1.807) is 12.1 Å². The summed E-state index contributed by atoms with van der Waals surface area (Å²) in [6.45, 7) is 0.564. The molecule has 78 valence electrons. The number of hydrogen-bond donors (Lipinski definition) is 1. The number of hydrogen-bond acceptors (Lipinski definition) is 2. The number of nitrogens with two attached hydrogens (primary N) is 1. The Morgan fingerprint density at radius 1 is 1.50 bits per heavy atom. The Morgan fingerprint density at radius 2 is 2.21 bits per heavy atom. The first-order valence-electron chi connectivity index (χ1n) is 4.41. The fourth-order valence-corrected chi connectivity index (χ4v) is 1.73. The quantitative estimate of drug-likeness (QED) is 0.904. The molecule has 2 nitrogen and oxygen atoms in total. The van der Waals surface area contributed by atoms with Crippen LogP contribution in [0, 0.1) is 5.82 Å². The van der Waals surface area contributed by atoms with E-state index in [1.165, 1.54) is 7.11 Å². The highest BCUT2D eigenvalue weighted by atomic mass is 79.9. The van der Waals surface area contributed by atoms with Crippen LogP contribution in [0.2, 0.25) is 0 Å². The van der Waals surface area contributed by atoms with Gasteiger partial charge in [0.15, 0.2) is 11.6 Å². The molecule has 0 amide bonds. The van der Waals surface area contributed by atoms with E-state index in [1.807, 2.05) is 0 Å². The van der Waals surface area contributed by atoms with Crippen molar-refractivity contribution < 1.29 is 9.13 Å². The molecular formula is C10H13BrFNO. The van der Waals surface area contributed by atoms with Crippen LogP contribution in [0.3, 0.4) is 0 Å². The minimum absolute atomic E-state index is 0.270. The molecule has 0 saturated heterocycles. The Morgan fingerprint density at radius 3 is 2.79 bits per heavy atom. The monoisotopic (exact) mass is 261 g/mol. The summed E-state index contributed by atoms with van der Waals surface area (Å²) in [5, 5.41) is 0. The first-order valence-corrected chi connectivity index (χ1v) is 5.20. The zero-order chi connectivity index (χ0) is 10.6. The lowest BCUT2D eigenvalue weighted by molar-refractivity contribution is 0.383. The maximum atomic E-state index is 13.6. The molecule has 0 aromatic heterocycles. The minimum atomic E-state index is -0.288. The van der Waals surface area contributed by atoms with E-state index in [0.29, 0.717) is 18.5 Å². The smallest absolute Gasteiger partial charge is 0.168 e. The van der Waals surface area contributed by atoms with Crippen molar-refractivity contribution in [2.45, 2.75) is 12.8 Å². The van der Waals surface area contributed by atoms with Crippen LogP contribution >= 0.6 is 15.9 Å². The maximum absolute atomic E-state index is 13.6. The standard InChI is InChI=1S/C10H13BrFNO/c1-14-9-6-8(11)5-7(10(9)12)3-2-4-13/h5-6H,2-4,13H2,1H3. The number of halogens is 2. The van der Waals surface area contributed by atoms with Crippen LogP contribution in [0.5, 0.6) is 5.75 Å². The summed E-state index contributed by atoms with van der Waals surface area (Å²) in [6, 6.07) is 3.37. The first kappa shape index (κ1) is 11.5. The summed E-state index contributed by atoms with van der Waals surface area (Å²) in [4.78, 5) is 0. The van der Waals surface area contributed by atoms with Crippen LogP contribution in [0.1, 0.15) is 12.0 Å². The average molecular weight is 262 g/mol. The first-order chi connectivity index (χ1) is 6.69. The molecule has 0 fully saturated rings. The summed E-state index contributed by atoms with van der Waals surface area (Å²) in [5.41, 5.74) is 6.01. The zero-order valence-electron chi connectivity index (χ0n) is 8.02. The number of methoxy groups -OCH3 is 1. The second-order valence-corrected chi connectivity index (χ2v) is 3.89. The van der Waals surface area contributed by atoms with E-state index in [4.69, 9.17) is 10.5 Å². The molecule has 4 heteroatoms. The van der Waals surface area contributed by atoms with Crippen molar-refractivity contribution in [2.75, 3.05) is 13.7 Å². The van der Waals surface area contributed by atoms with E-state index in [9.17, 15) is 4.39 Å². The van der Waals surface area contributed by atoms with Gasteiger partial charge in [-0.05, 0) is 37.1 Å².